The molecule has 0 fully saturated rings. The minimum absolute atomic E-state index is 0.410. The molecule has 2 aromatic heterocycles. The molecule has 0 atom stereocenters. The lowest BCUT2D eigenvalue weighted by molar-refractivity contribution is 0.128. The third-order valence-electron chi connectivity index (χ3n) is 2.87. The molecule has 2 rings (SSSR count). The van der Waals surface area contributed by atoms with Crippen LogP contribution in [0.2, 0.25) is 0 Å². The van der Waals surface area contributed by atoms with Crippen LogP contribution < -0.4 is 5.32 Å². The van der Waals surface area contributed by atoms with Crippen molar-refractivity contribution >= 4 is 5.82 Å². The zero-order valence-electron chi connectivity index (χ0n) is 12.3. The van der Waals surface area contributed by atoms with Crippen molar-refractivity contribution in [3.8, 4) is 11.5 Å². The molecule has 0 aliphatic rings. The first kappa shape index (κ1) is 14.5. The SMILES string of the molecule is CCCn1ccnc1-c1cc(NC)nc(COCC)n1. The van der Waals surface area contributed by atoms with Crippen LogP contribution in [0.4, 0.5) is 5.82 Å². The molecular formula is C14H21N5O. The summed E-state index contributed by atoms with van der Waals surface area (Å²) in [5.74, 6) is 2.30. The van der Waals surface area contributed by atoms with Gasteiger partial charge >= 0.3 is 0 Å². The van der Waals surface area contributed by atoms with Gasteiger partial charge in [0.05, 0.1) is 0 Å². The zero-order valence-corrected chi connectivity index (χ0v) is 12.3. The van der Waals surface area contributed by atoms with Gasteiger partial charge in [0.25, 0.3) is 0 Å². The molecule has 2 heterocycles. The lowest BCUT2D eigenvalue weighted by Crippen LogP contribution is -2.06. The van der Waals surface area contributed by atoms with E-state index in [1.54, 1.807) is 6.20 Å². The maximum Gasteiger partial charge on any atom is 0.158 e. The van der Waals surface area contributed by atoms with Gasteiger partial charge in [-0.3, -0.25) is 0 Å². The third-order valence-corrected chi connectivity index (χ3v) is 2.87. The average Bonchev–Trinajstić information content (AvgIpc) is 2.93. The number of rotatable bonds is 7. The van der Waals surface area contributed by atoms with Crippen LogP contribution in [0.25, 0.3) is 11.5 Å². The van der Waals surface area contributed by atoms with Crippen LogP contribution in [0.3, 0.4) is 0 Å². The summed E-state index contributed by atoms with van der Waals surface area (Å²) in [5.41, 5.74) is 0.817. The summed E-state index contributed by atoms with van der Waals surface area (Å²) in [6.45, 7) is 6.08. The van der Waals surface area contributed by atoms with Gasteiger partial charge in [0.2, 0.25) is 0 Å². The molecule has 0 amide bonds. The molecular weight excluding hydrogens is 254 g/mol. The van der Waals surface area contributed by atoms with Gasteiger partial charge in [0, 0.05) is 38.7 Å². The maximum absolute atomic E-state index is 5.39. The summed E-state index contributed by atoms with van der Waals surface area (Å²) < 4.78 is 7.49. The van der Waals surface area contributed by atoms with Crippen molar-refractivity contribution < 1.29 is 4.74 Å². The predicted octanol–water partition coefficient (Wildman–Crippen LogP) is 2.33. The average molecular weight is 275 g/mol. The Labute approximate surface area is 119 Å². The molecule has 0 unspecified atom stereocenters. The van der Waals surface area contributed by atoms with Gasteiger partial charge in [0.1, 0.15) is 18.1 Å². The van der Waals surface area contributed by atoms with Crippen LogP contribution in [0.1, 0.15) is 26.1 Å². The maximum atomic E-state index is 5.39. The van der Waals surface area contributed by atoms with Crippen molar-refractivity contribution in [1.29, 1.82) is 0 Å². The normalized spacial score (nSPS) is 10.8. The van der Waals surface area contributed by atoms with E-state index in [9.17, 15) is 0 Å². The molecule has 0 saturated carbocycles. The van der Waals surface area contributed by atoms with E-state index in [2.05, 4.69) is 31.8 Å². The Kier molecular flexibility index (Phi) is 5.06. The summed E-state index contributed by atoms with van der Waals surface area (Å²) in [4.78, 5) is 13.3. The number of aromatic nitrogens is 4. The molecule has 20 heavy (non-hydrogen) atoms. The lowest BCUT2D eigenvalue weighted by Gasteiger charge is -2.09. The van der Waals surface area contributed by atoms with Crippen LogP contribution in [-0.2, 0) is 17.9 Å². The molecule has 0 radical (unpaired) electrons. The summed E-state index contributed by atoms with van der Waals surface area (Å²) in [6.07, 6.45) is 4.83. The number of nitrogens with zero attached hydrogens (tertiary/aromatic N) is 4. The Morgan fingerprint density at radius 1 is 1.30 bits per heavy atom. The number of ether oxygens (including phenoxy) is 1. The highest BCUT2D eigenvalue weighted by molar-refractivity contribution is 5.55. The van der Waals surface area contributed by atoms with Crippen molar-refractivity contribution in [3.05, 3.63) is 24.3 Å². The zero-order chi connectivity index (χ0) is 14.4. The van der Waals surface area contributed by atoms with Gasteiger partial charge in [-0.05, 0) is 13.3 Å². The van der Waals surface area contributed by atoms with Gasteiger partial charge in [0.15, 0.2) is 11.6 Å². The number of hydrogen-bond donors (Lipinski definition) is 1. The topological polar surface area (TPSA) is 64.9 Å². The highest BCUT2D eigenvalue weighted by Gasteiger charge is 2.11. The molecule has 0 bridgehead atoms. The molecule has 6 nitrogen and oxygen atoms in total. The van der Waals surface area contributed by atoms with E-state index in [-0.39, 0.29) is 0 Å². The number of hydrogen-bond acceptors (Lipinski definition) is 5. The second kappa shape index (κ2) is 7.00. The van der Waals surface area contributed by atoms with Gasteiger partial charge in [-0.2, -0.15) is 0 Å². The van der Waals surface area contributed by atoms with Gasteiger partial charge < -0.3 is 14.6 Å². The van der Waals surface area contributed by atoms with E-state index in [0.717, 1.165) is 30.3 Å². The van der Waals surface area contributed by atoms with Gasteiger partial charge in [-0.15, -0.1) is 0 Å². The van der Waals surface area contributed by atoms with E-state index in [0.29, 0.717) is 19.0 Å². The highest BCUT2D eigenvalue weighted by Crippen LogP contribution is 2.19. The fourth-order valence-electron chi connectivity index (χ4n) is 1.96. The standard InChI is InChI=1S/C14H21N5O/c1-4-7-19-8-6-16-14(19)11-9-12(15-3)18-13(17-11)10-20-5-2/h6,8-9H,4-5,7,10H2,1-3H3,(H,15,17,18). The number of nitrogens with one attached hydrogen (secondary N) is 1. The molecule has 108 valence electrons. The summed E-state index contributed by atoms with van der Waals surface area (Å²) >= 11 is 0. The molecule has 2 aromatic rings. The number of aryl methyl sites for hydroxylation is 1. The highest BCUT2D eigenvalue weighted by atomic mass is 16.5. The molecule has 0 aromatic carbocycles. The Hall–Kier alpha value is -1.95. The van der Waals surface area contributed by atoms with Crippen LogP contribution in [-0.4, -0.2) is 33.2 Å². The second-order valence-corrected chi connectivity index (χ2v) is 4.39. The second-order valence-electron chi connectivity index (χ2n) is 4.39. The monoisotopic (exact) mass is 275 g/mol. The summed E-state index contributed by atoms with van der Waals surface area (Å²) in [6, 6.07) is 1.91. The van der Waals surface area contributed by atoms with Gasteiger partial charge in [-0.25, -0.2) is 15.0 Å². The quantitative estimate of drug-likeness (QED) is 0.840. The predicted molar refractivity (Wildman–Crippen MR) is 78.4 cm³/mol. The van der Waals surface area contributed by atoms with E-state index in [4.69, 9.17) is 4.74 Å². The number of anilines is 1. The largest absolute Gasteiger partial charge is 0.374 e. The van der Waals surface area contributed by atoms with Crippen LogP contribution in [0.5, 0.6) is 0 Å². The number of imidazole rings is 1. The lowest BCUT2D eigenvalue weighted by atomic mass is 10.3. The Morgan fingerprint density at radius 2 is 2.15 bits per heavy atom. The van der Waals surface area contributed by atoms with E-state index < -0.39 is 0 Å². The Morgan fingerprint density at radius 3 is 2.85 bits per heavy atom. The van der Waals surface area contributed by atoms with Gasteiger partial charge in [-0.1, -0.05) is 6.92 Å². The molecule has 0 aliphatic heterocycles. The van der Waals surface area contributed by atoms with Crippen LogP contribution in [0, 0.1) is 0 Å². The van der Waals surface area contributed by atoms with Crippen molar-refractivity contribution in [2.75, 3.05) is 19.0 Å². The molecule has 0 saturated heterocycles. The molecule has 0 aliphatic carbocycles. The van der Waals surface area contributed by atoms with Crippen molar-refractivity contribution in [2.24, 2.45) is 0 Å². The first-order valence-corrected chi connectivity index (χ1v) is 6.93. The van der Waals surface area contributed by atoms with Crippen LogP contribution in [0.15, 0.2) is 18.5 Å². The first-order valence-electron chi connectivity index (χ1n) is 6.93. The summed E-state index contributed by atoms with van der Waals surface area (Å²) in [7, 11) is 1.84. The fourth-order valence-corrected chi connectivity index (χ4v) is 1.96. The first-order chi connectivity index (χ1) is 9.78. The van der Waals surface area contributed by atoms with E-state index in [1.807, 2.05) is 26.2 Å². The molecule has 6 heteroatoms. The van der Waals surface area contributed by atoms with Crippen molar-refractivity contribution in [3.63, 3.8) is 0 Å². The minimum atomic E-state index is 0.410. The smallest absolute Gasteiger partial charge is 0.158 e. The Bertz CT molecular complexity index is 552. The minimum Gasteiger partial charge on any atom is -0.374 e. The van der Waals surface area contributed by atoms with Crippen molar-refractivity contribution in [2.45, 2.75) is 33.4 Å². The third kappa shape index (κ3) is 3.33. The van der Waals surface area contributed by atoms with Crippen LogP contribution >= 0.6 is 0 Å². The van der Waals surface area contributed by atoms with E-state index in [1.165, 1.54) is 0 Å². The van der Waals surface area contributed by atoms with E-state index >= 15 is 0 Å². The fraction of sp³-hybridized carbons (Fsp3) is 0.500. The van der Waals surface area contributed by atoms with Crippen molar-refractivity contribution in [1.82, 2.24) is 19.5 Å². The molecule has 1 N–H and O–H groups in total. The Balaban J connectivity index is 2.36. The molecule has 0 spiro atoms. The summed E-state index contributed by atoms with van der Waals surface area (Å²) in [5, 5.41) is 3.05.